The predicted molar refractivity (Wildman–Crippen MR) is 31.4 cm³/mol. The highest BCUT2D eigenvalue weighted by molar-refractivity contribution is 5.65. The molecule has 0 aliphatic rings. The average Bonchev–Trinajstić information content (AvgIpc) is 1.82. The summed E-state index contributed by atoms with van der Waals surface area (Å²) < 4.78 is 4.31. The smallest absolute Gasteiger partial charge is 0.304 e. The van der Waals surface area contributed by atoms with E-state index in [0.29, 0.717) is 5.01 Å². The highest BCUT2D eigenvalue weighted by atomic mass is 16.7. The number of hydrogen-bond donors (Lipinski definition) is 0. The van der Waals surface area contributed by atoms with E-state index < -0.39 is 11.0 Å². The van der Waals surface area contributed by atoms with Gasteiger partial charge in [-0.25, -0.2) is 10.1 Å². The molecule has 0 saturated heterocycles. The molecule has 0 unspecified atom stereocenters. The highest BCUT2D eigenvalue weighted by Crippen LogP contribution is 1.83. The van der Waals surface area contributed by atoms with Crippen molar-refractivity contribution in [2.24, 2.45) is 0 Å². The molecular weight excluding hydrogens is 140 g/mol. The minimum Gasteiger partial charge on any atom is -0.439 e. The molecule has 0 aliphatic heterocycles. The Balaban J connectivity index is 3.49. The van der Waals surface area contributed by atoms with Crippen molar-refractivity contribution in [2.75, 3.05) is 13.8 Å². The van der Waals surface area contributed by atoms with Gasteiger partial charge in [-0.2, -0.15) is 0 Å². The number of nitro groups is 1. The molecule has 0 aromatic carbocycles. The van der Waals surface area contributed by atoms with E-state index in [-0.39, 0.29) is 6.73 Å². The molecule has 0 spiro atoms. The summed E-state index contributed by atoms with van der Waals surface area (Å²) in [6.07, 6.45) is 0. The first-order chi connectivity index (χ1) is 4.54. The van der Waals surface area contributed by atoms with Crippen LogP contribution in [0.3, 0.4) is 0 Å². The number of nitrogens with zero attached hydrogens (tertiary/aromatic N) is 2. The predicted octanol–water partition coefficient (Wildman–Crippen LogP) is -0.369. The zero-order chi connectivity index (χ0) is 8.15. The highest BCUT2D eigenvalue weighted by Gasteiger charge is 2.06. The number of ether oxygens (including phenoxy) is 1. The molecule has 58 valence electrons. The molecule has 0 amide bonds. The van der Waals surface area contributed by atoms with Crippen LogP contribution < -0.4 is 0 Å². The Labute approximate surface area is 57.5 Å². The minimum absolute atomic E-state index is 0.317. The maximum Gasteiger partial charge on any atom is 0.304 e. The number of carbonyl (C=O) groups is 1. The zero-order valence-electron chi connectivity index (χ0n) is 5.73. The van der Waals surface area contributed by atoms with E-state index >= 15 is 0 Å². The Morgan fingerprint density at radius 3 is 2.60 bits per heavy atom. The van der Waals surface area contributed by atoms with Gasteiger partial charge in [0, 0.05) is 6.92 Å². The number of hydrogen-bond acceptors (Lipinski definition) is 4. The van der Waals surface area contributed by atoms with E-state index in [1.165, 1.54) is 14.0 Å². The zero-order valence-corrected chi connectivity index (χ0v) is 5.73. The monoisotopic (exact) mass is 148 g/mol. The third-order valence-electron chi connectivity index (χ3n) is 0.733. The summed E-state index contributed by atoms with van der Waals surface area (Å²) in [5, 5.41) is 9.86. The molecule has 6 nitrogen and oxygen atoms in total. The molecule has 0 saturated carbocycles. The van der Waals surface area contributed by atoms with Gasteiger partial charge in [0.25, 0.3) is 0 Å². The van der Waals surface area contributed by atoms with Crippen molar-refractivity contribution in [3.63, 3.8) is 0 Å². The van der Waals surface area contributed by atoms with Crippen LogP contribution in [0.15, 0.2) is 0 Å². The molecule has 0 aromatic rings. The van der Waals surface area contributed by atoms with Gasteiger partial charge in [0.15, 0.2) is 5.03 Å². The first-order valence-electron chi connectivity index (χ1n) is 2.53. The van der Waals surface area contributed by atoms with Crippen LogP contribution in [0.5, 0.6) is 0 Å². The molecular formula is C4H8N2O4. The van der Waals surface area contributed by atoms with Crippen LogP contribution in [-0.4, -0.2) is 29.8 Å². The molecule has 0 aromatic heterocycles. The van der Waals surface area contributed by atoms with Crippen molar-refractivity contribution in [1.82, 2.24) is 5.01 Å². The summed E-state index contributed by atoms with van der Waals surface area (Å²) in [5.41, 5.74) is 0. The lowest BCUT2D eigenvalue weighted by Gasteiger charge is -2.06. The van der Waals surface area contributed by atoms with Crippen molar-refractivity contribution in [2.45, 2.75) is 6.92 Å². The molecule has 6 heteroatoms. The van der Waals surface area contributed by atoms with E-state index in [2.05, 4.69) is 4.74 Å². The fraction of sp³-hybridized carbons (Fsp3) is 0.750. The third kappa shape index (κ3) is 3.65. The standard InChI is InChI=1S/C4H8N2O4/c1-4(7)10-3-5(2)6(8)9/h3H2,1-2H3. The van der Waals surface area contributed by atoms with Crippen LogP contribution in [0.4, 0.5) is 0 Å². The van der Waals surface area contributed by atoms with E-state index in [0.717, 1.165) is 0 Å². The van der Waals surface area contributed by atoms with E-state index in [1.54, 1.807) is 0 Å². The number of hydrazine groups is 1. The fourth-order valence-electron chi connectivity index (χ4n) is 0.231. The third-order valence-corrected chi connectivity index (χ3v) is 0.733. The second kappa shape index (κ2) is 3.65. The maximum absolute atomic E-state index is 10.1. The van der Waals surface area contributed by atoms with E-state index in [4.69, 9.17) is 0 Å². The Bertz CT molecular complexity index is 146. The normalized spacial score (nSPS) is 8.60. The second-order valence-corrected chi connectivity index (χ2v) is 1.66. The van der Waals surface area contributed by atoms with E-state index in [9.17, 15) is 14.9 Å². The van der Waals surface area contributed by atoms with Gasteiger partial charge in [-0.3, -0.25) is 4.79 Å². The van der Waals surface area contributed by atoms with Gasteiger partial charge in [0.2, 0.25) is 6.73 Å². The van der Waals surface area contributed by atoms with Crippen LogP contribution in [-0.2, 0) is 9.53 Å². The van der Waals surface area contributed by atoms with Crippen molar-refractivity contribution < 1.29 is 14.6 Å². The fourth-order valence-corrected chi connectivity index (χ4v) is 0.231. The summed E-state index contributed by atoms with van der Waals surface area (Å²) in [7, 11) is 1.21. The van der Waals surface area contributed by atoms with Gasteiger partial charge >= 0.3 is 5.97 Å². The molecule has 0 bridgehead atoms. The van der Waals surface area contributed by atoms with Gasteiger partial charge in [-0.05, 0) is 0 Å². The summed E-state index contributed by atoms with van der Waals surface area (Å²) in [4.78, 5) is 20.0. The van der Waals surface area contributed by atoms with Gasteiger partial charge in [-0.1, -0.05) is 5.01 Å². The molecule has 0 radical (unpaired) electrons. The van der Waals surface area contributed by atoms with Crippen LogP contribution in [0.25, 0.3) is 0 Å². The molecule has 0 aliphatic carbocycles. The Kier molecular flexibility index (Phi) is 3.16. The molecule has 0 rings (SSSR count). The molecule has 0 fully saturated rings. The van der Waals surface area contributed by atoms with Gasteiger partial charge in [0.1, 0.15) is 0 Å². The van der Waals surface area contributed by atoms with Gasteiger partial charge < -0.3 is 4.74 Å². The van der Waals surface area contributed by atoms with Gasteiger partial charge in [0.05, 0.1) is 7.05 Å². The topological polar surface area (TPSA) is 72.7 Å². The Hall–Kier alpha value is -1.33. The molecule has 10 heavy (non-hydrogen) atoms. The summed E-state index contributed by atoms with van der Waals surface area (Å²) in [5.74, 6) is -0.534. The number of carbonyl (C=O) groups excluding carboxylic acids is 1. The summed E-state index contributed by atoms with van der Waals surface area (Å²) in [6, 6.07) is 0. The number of rotatable bonds is 3. The van der Waals surface area contributed by atoms with Crippen LogP contribution in [0.1, 0.15) is 6.92 Å². The minimum atomic E-state index is -0.664. The quantitative estimate of drug-likeness (QED) is 0.236. The first kappa shape index (κ1) is 8.67. The maximum atomic E-state index is 10.1. The van der Waals surface area contributed by atoms with Crippen molar-refractivity contribution in [1.29, 1.82) is 0 Å². The summed E-state index contributed by atoms with van der Waals surface area (Å²) in [6.45, 7) is 0.871. The van der Waals surface area contributed by atoms with Crippen molar-refractivity contribution >= 4 is 5.97 Å². The molecule has 0 heterocycles. The second-order valence-electron chi connectivity index (χ2n) is 1.66. The lowest BCUT2D eigenvalue weighted by atomic mass is 10.8. The summed E-state index contributed by atoms with van der Waals surface area (Å²) >= 11 is 0. The lowest BCUT2D eigenvalue weighted by molar-refractivity contribution is -0.656. The largest absolute Gasteiger partial charge is 0.439 e. The average molecular weight is 148 g/mol. The Morgan fingerprint density at radius 1 is 1.80 bits per heavy atom. The van der Waals surface area contributed by atoms with Crippen LogP contribution in [0.2, 0.25) is 0 Å². The SMILES string of the molecule is CC(=O)OCN(C)[N+](=O)[O-]. The first-order valence-corrected chi connectivity index (χ1v) is 2.53. The van der Waals surface area contributed by atoms with Crippen LogP contribution >= 0.6 is 0 Å². The van der Waals surface area contributed by atoms with Crippen LogP contribution in [0, 0.1) is 10.1 Å². The number of esters is 1. The molecule has 0 N–H and O–H groups in total. The Morgan fingerprint density at radius 2 is 2.30 bits per heavy atom. The van der Waals surface area contributed by atoms with Crippen molar-refractivity contribution in [3.05, 3.63) is 10.1 Å². The van der Waals surface area contributed by atoms with Gasteiger partial charge in [-0.15, -0.1) is 0 Å². The molecule has 0 atom stereocenters. The van der Waals surface area contributed by atoms with Crippen molar-refractivity contribution in [3.8, 4) is 0 Å². The lowest BCUT2D eigenvalue weighted by Crippen LogP contribution is -2.28. The van der Waals surface area contributed by atoms with E-state index in [1.807, 2.05) is 0 Å².